The number of nitriles is 1. The Kier molecular flexibility index (Phi) is 5.67. The number of benzene rings is 2. The van der Waals surface area contributed by atoms with E-state index in [0.717, 1.165) is 16.7 Å². The highest BCUT2D eigenvalue weighted by Gasteiger charge is 2.45. The van der Waals surface area contributed by atoms with E-state index in [-0.39, 0.29) is 0 Å². The lowest BCUT2D eigenvalue weighted by Gasteiger charge is -2.41. The largest absolute Gasteiger partial charge is 0.496 e. The van der Waals surface area contributed by atoms with Crippen LogP contribution in [-0.4, -0.2) is 22.2 Å². The zero-order valence-electron chi connectivity index (χ0n) is 17.2. The molecule has 1 heterocycles. The van der Waals surface area contributed by atoms with Crippen LogP contribution in [0, 0.1) is 16.7 Å². The van der Waals surface area contributed by atoms with Crippen molar-refractivity contribution in [2.24, 2.45) is 5.41 Å². The minimum atomic E-state index is -1.34. The van der Waals surface area contributed by atoms with Gasteiger partial charge in [0.1, 0.15) is 17.7 Å². The predicted octanol–water partition coefficient (Wildman–Crippen LogP) is 4.50. The van der Waals surface area contributed by atoms with E-state index in [1.54, 1.807) is 19.5 Å². The molecule has 1 aromatic heterocycles. The van der Waals surface area contributed by atoms with E-state index >= 15 is 0 Å². The quantitative estimate of drug-likeness (QED) is 0.697. The summed E-state index contributed by atoms with van der Waals surface area (Å²) in [6, 6.07) is 15.8. The maximum Gasteiger partial charge on any atom is 0.126 e. The standard InChI is InChI=1S/C24H25N3O2/c1-23(2,3)24(28,20-14-26-16-27-15-20)21-10-9-19(13-22(21)29-4)18-7-5-17(6-8-18)11-12-25/h5-10,13-16,28H,11H2,1-4H3. The molecule has 0 aliphatic rings. The normalized spacial score (nSPS) is 13.4. The van der Waals surface area contributed by atoms with Crippen LogP contribution in [0.5, 0.6) is 5.75 Å². The molecule has 1 atom stereocenters. The maximum absolute atomic E-state index is 11.9. The monoisotopic (exact) mass is 387 g/mol. The van der Waals surface area contributed by atoms with E-state index in [1.807, 2.05) is 63.2 Å². The number of methoxy groups -OCH3 is 1. The van der Waals surface area contributed by atoms with Crippen molar-refractivity contribution in [3.05, 3.63) is 77.9 Å². The second kappa shape index (κ2) is 8.02. The third-order valence-corrected chi connectivity index (χ3v) is 5.23. The van der Waals surface area contributed by atoms with E-state index in [9.17, 15) is 5.11 Å². The summed E-state index contributed by atoms with van der Waals surface area (Å²) in [6.45, 7) is 5.92. The van der Waals surface area contributed by atoms with Gasteiger partial charge in [-0.25, -0.2) is 9.97 Å². The number of aliphatic hydroxyl groups is 1. The van der Waals surface area contributed by atoms with Crippen molar-refractivity contribution in [2.75, 3.05) is 7.11 Å². The molecule has 0 saturated heterocycles. The van der Waals surface area contributed by atoms with Gasteiger partial charge in [0, 0.05) is 23.5 Å². The first-order valence-corrected chi connectivity index (χ1v) is 9.44. The van der Waals surface area contributed by atoms with Crippen molar-refractivity contribution in [3.63, 3.8) is 0 Å². The highest BCUT2D eigenvalue weighted by Crippen LogP contribution is 2.48. The molecule has 0 saturated carbocycles. The first-order chi connectivity index (χ1) is 13.8. The Hall–Kier alpha value is -3.23. The van der Waals surface area contributed by atoms with Crippen LogP contribution in [0.1, 0.15) is 37.5 Å². The number of ether oxygens (including phenoxy) is 1. The van der Waals surface area contributed by atoms with Gasteiger partial charge in [-0.1, -0.05) is 57.2 Å². The summed E-state index contributed by atoms with van der Waals surface area (Å²) >= 11 is 0. The van der Waals surface area contributed by atoms with E-state index in [4.69, 9.17) is 10.00 Å². The molecule has 1 N–H and O–H groups in total. The predicted molar refractivity (Wildman–Crippen MR) is 112 cm³/mol. The Bertz CT molecular complexity index is 1020. The molecular weight excluding hydrogens is 362 g/mol. The van der Waals surface area contributed by atoms with Crippen LogP contribution in [0.15, 0.2) is 61.2 Å². The topological polar surface area (TPSA) is 79.0 Å². The van der Waals surface area contributed by atoms with Crippen LogP contribution in [0.25, 0.3) is 11.1 Å². The maximum atomic E-state index is 11.9. The van der Waals surface area contributed by atoms with Gasteiger partial charge >= 0.3 is 0 Å². The summed E-state index contributed by atoms with van der Waals surface area (Å²) in [5.74, 6) is 0.588. The van der Waals surface area contributed by atoms with Crippen LogP contribution in [0.2, 0.25) is 0 Å². The molecule has 0 aliphatic carbocycles. The third-order valence-electron chi connectivity index (χ3n) is 5.23. The summed E-state index contributed by atoms with van der Waals surface area (Å²) in [7, 11) is 1.60. The van der Waals surface area contributed by atoms with Crippen LogP contribution in [0.3, 0.4) is 0 Å². The summed E-state index contributed by atoms with van der Waals surface area (Å²) in [5.41, 5.74) is 2.35. The first kappa shape index (κ1) is 20.5. The number of hydrogen-bond acceptors (Lipinski definition) is 5. The zero-order valence-corrected chi connectivity index (χ0v) is 17.2. The van der Waals surface area contributed by atoms with Gasteiger partial charge in [-0.2, -0.15) is 5.26 Å². The summed E-state index contributed by atoms with van der Waals surface area (Å²) in [5, 5.41) is 20.7. The molecule has 5 nitrogen and oxygen atoms in total. The molecule has 0 radical (unpaired) electrons. The van der Waals surface area contributed by atoms with Gasteiger partial charge in [0.15, 0.2) is 0 Å². The van der Waals surface area contributed by atoms with E-state index < -0.39 is 11.0 Å². The Morgan fingerprint density at radius 3 is 2.17 bits per heavy atom. The van der Waals surface area contributed by atoms with Gasteiger partial charge in [-0.3, -0.25) is 0 Å². The van der Waals surface area contributed by atoms with Crippen LogP contribution < -0.4 is 4.74 Å². The summed E-state index contributed by atoms with van der Waals surface area (Å²) in [6.07, 6.45) is 5.11. The Labute approximate surface area is 171 Å². The molecule has 0 amide bonds. The molecule has 1 unspecified atom stereocenters. The highest BCUT2D eigenvalue weighted by molar-refractivity contribution is 5.67. The lowest BCUT2D eigenvalue weighted by molar-refractivity contribution is -0.0281. The molecule has 0 aliphatic heterocycles. The van der Waals surface area contributed by atoms with Crippen molar-refractivity contribution in [1.29, 1.82) is 5.26 Å². The molecule has 5 heteroatoms. The lowest BCUT2D eigenvalue weighted by Crippen LogP contribution is -2.41. The molecule has 0 spiro atoms. The number of hydrogen-bond donors (Lipinski definition) is 1. The van der Waals surface area contributed by atoms with Crippen molar-refractivity contribution < 1.29 is 9.84 Å². The third kappa shape index (κ3) is 3.85. The van der Waals surface area contributed by atoms with Gasteiger partial charge in [0.2, 0.25) is 0 Å². The van der Waals surface area contributed by atoms with Gasteiger partial charge < -0.3 is 9.84 Å². The summed E-state index contributed by atoms with van der Waals surface area (Å²) < 4.78 is 5.69. The number of nitrogens with zero attached hydrogens (tertiary/aromatic N) is 3. The smallest absolute Gasteiger partial charge is 0.126 e. The fourth-order valence-corrected chi connectivity index (χ4v) is 3.55. The van der Waals surface area contributed by atoms with Crippen molar-refractivity contribution >= 4 is 0 Å². The summed E-state index contributed by atoms with van der Waals surface area (Å²) in [4.78, 5) is 8.20. The SMILES string of the molecule is COc1cc(-c2ccc(CC#N)cc2)ccc1C(O)(c1cncnc1)C(C)(C)C. The molecule has 148 valence electrons. The molecule has 0 fully saturated rings. The molecule has 3 rings (SSSR count). The van der Waals surface area contributed by atoms with Crippen molar-refractivity contribution in [1.82, 2.24) is 9.97 Å². The first-order valence-electron chi connectivity index (χ1n) is 9.44. The van der Waals surface area contributed by atoms with Gasteiger partial charge in [0.05, 0.1) is 19.6 Å². The van der Waals surface area contributed by atoms with Crippen molar-refractivity contribution in [3.8, 4) is 22.9 Å². The van der Waals surface area contributed by atoms with Crippen LogP contribution in [0.4, 0.5) is 0 Å². The average molecular weight is 387 g/mol. The highest BCUT2D eigenvalue weighted by atomic mass is 16.5. The Morgan fingerprint density at radius 1 is 1.00 bits per heavy atom. The minimum absolute atomic E-state index is 0.389. The Balaban J connectivity index is 2.11. The second-order valence-corrected chi connectivity index (χ2v) is 8.03. The van der Waals surface area contributed by atoms with Gasteiger partial charge in [-0.15, -0.1) is 0 Å². The number of aromatic nitrogens is 2. The van der Waals surface area contributed by atoms with Crippen LogP contribution in [-0.2, 0) is 12.0 Å². The van der Waals surface area contributed by atoms with Gasteiger partial charge in [-0.05, 0) is 28.2 Å². The van der Waals surface area contributed by atoms with E-state index in [0.29, 0.717) is 23.3 Å². The average Bonchev–Trinajstić information content (AvgIpc) is 2.73. The number of rotatable bonds is 5. The molecule has 0 bridgehead atoms. The molecule has 3 aromatic rings. The van der Waals surface area contributed by atoms with Gasteiger partial charge in [0.25, 0.3) is 0 Å². The van der Waals surface area contributed by atoms with E-state index in [2.05, 4.69) is 16.0 Å². The molecule has 29 heavy (non-hydrogen) atoms. The fourth-order valence-electron chi connectivity index (χ4n) is 3.55. The Morgan fingerprint density at radius 2 is 1.62 bits per heavy atom. The minimum Gasteiger partial charge on any atom is -0.496 e. The lowest BCUT2D eigenvalue weighted by atomic mass is 9.68. The van der Waals surface area contributed by atoms with E-state index in [1.165, 1.54) is 6.33 Å². The zero-order chi connectivity index (χ0) is 21.1. The fraction of sp³-hybridized carbons (Fsp3) is 0.292. The molecular formula is C24H25N3O2. The second-order valence-electron chi connectivity index (χ2n) is 8.03. The molecule has 2 aromatic carbocycles. The van der Waals surface area contributed by atoms with Crippen molar-refractivity contribution in [2.45, 2.75) is 32.8 Å². The van der Waals surface area contributed by atoms with Crippen LogP contribution >= 0.6 is 0 Å².